The van der Waals surface area contributed by atoms with Gasteiger partial charge in [-0.05, 0) is 81.7 Å². The molecule has 0 saturated heterocycles. The second-order valence-electron chi connectivity index (χ2n) is 9.22. The number of hydrogen-bond acceptors (Lipinski definition) is 6. The number of nitrogens with zero attached hydrogens (tertiary/aromatic N) is 1. The molecule has 7 nitrogen and oxygen atoms in total. The smallest absolute Gasteiger partial charge is 0.229 e. The number of ether oxygens (including phenoxy) is 1. The van der Waals surface area contributed by atoms with Gasteiger partial charge in [0.2, 0.25) is 10.0 Å². The average Bonchev–Trinajstić information content (AvgIpc) is 3.16. The first-order chi connectivity index (χ1) is 17.2. The Labute approximate surface area is 214 Å². The summed E-state index contributed by atoms with van der Waals surface area (Å²) in [6.07, 6.45) is 6.90. The maximum Gasteiger partial charge on any atom is 0.229 e. The summed E-state index contributed by atoms with van der Waals surface area (Å²) in [5.41, 5.74) is 1.85. The van der Waals surface area contributed by atoms with Crippen LogP contribution in [0.1, 0.15) is 67.6 Å². The van der Waals surface area contributed by atoms with Gasteiger partial charge in [0.1, 0.15) is 17.1 Å². The number of unbranched alkanes of at least 4 members (excludes halogenated alkanes) is 2. The summed E-state index contributed by atoms with van der Waals surface area (Å²) in [5.74, 6) is 1.04. The molecule has 0 atom stereocenters. The molecule has 8 heteroatoms. The van der Waals surface area contributed by atoms with Crippen molar-refractivity contribution in [2.45, 2.75) is 52.9 Å². The minimum absolute atomic E-state index is 0.184. The number of nitrogens with one attached hydrogen (secondary N) is 1. The summed E-state index contributed by atoms with van der Waals surface area (Å²) in [6.45, 7) is 10.1. The summed E-state index contributed by atoms with van der Waals surface area (Å²) >= 11 is 0. The highest BCUT2D eigenvalue weighted by atomic mass is 32.2. The van der Waals surface area contributed by atoms with Crippen LogP contribution in [0.25, 0.3) is 11.0 Å². The molecule has 1 N–H and O–H groups in total. The summed E-state index contributed by atoms with van der Waals surface area (Å²) in [5, 5.41) is 0.571. The number of fused-ring (bicyclic) bond motifs is 1. The fourth-order valence-corrected chi connectivity index (χ4v) is 4.76. The zero-order chi connectivity index (χ0) is 26.1. The van der Waals surface area contributed by atoms with Crippen molar-refractivity contribution in [3.8, 4) is 5.75 Å². The van der Waals surface area contributed by atoms with Crippen molar-refractivity contribution >= 4 is 32.5 Å². The zero-order valence-electron chi connectivity index (χ0n) is 21.8. The molecule has 0 bridgehead atoms. The zero-order valence-corrected chi connectivity index (χ0v) is 22.6. The Bertz CT molecular complexity index is 1240. The monoisotopic (exact) mass is 514 g/mol. The predicted octanol–water partition coefficient (Wildman–Crippen LogP) is 6.01. The Balaban J connectivity index is 1.63. The van der Waals surface area contributed by atoms with Gasteiger partial charge in [0, 0.05) is 23.2 Å². The first-order valence-corrected chi connectivity index (χ1v) is 14.6. The molecule has 0 fully saturated rings. The van der Waals surface area contributed by atoms with Gasteiger partial charge in [-0.25, -0.2) is 8.42 Å². The van der Waals surface area contributed by atoms with E-state index in [-0.39, 0.29) is 5.78 Å². The van der Waals surface area contributed by atoms with E-state index in [4.69, 9.17) is 9.15 Å². The lowest BCUT2D eigenvalue weighted by atomic mass is 10.00. The molecule has 1 aromatic heterocycles. The van der Waals surface area contributed by atoms with Crippen LogP contribution in [0.15, 0.2) is 46.9 Å². The van der Waals surface area contributed by atoms with Gasteiger partial charge in [0.15, 0.2) is 5.78 Å². The third kappa shape index (κ3) is 7.83. The van der Waals surface area contributed by atoms with Crippen molar-refractivity contribution in [3.05, 3.63) is 59.4 Å². The molecular weight excluding hydrogens is 476 g/mol. The highest BCUT2D eigenvalue weighted by molar-refractivity contribution is 7.92. The first-order valence-electron chi connectivity index (χ1n) is 12.7. The fourth-order valence-electron chi connectivity index (χ4n) is 4.20. The average molecular weight is 515 g/mol. The van der Waals surface area contributed by atoms with Crippen LogP contribution in [-0.4, -0.2) is 51.6 Å². The van der Waals surface area contributed by atoms with E-state index in [2.05, 4.69) is 23.5 Å². The summed E-state index contributed by atoms with van der Waals surface area (Å²) in [4.78, 5) is 15.8. The predicted molar refractivity (Wildman–Crippen MR) is 146 cm³/mol. The minimum Gasteiger partial charge on any atom is -0.494 e. The van der Waals surface area contributed by atoms with Gasteiger partial charge in [0.05, 0.1) is 18.4 Å². The second-order valence-corrected chi connectivity index (χ2v) is 11.0. The largest absolute Gasteiger partial charge is 0.494 e. The number of benzene rings is 2. The van der Waals surface area contributed by atoms with Gasteiger partial charge in [-0.15, -0.1) is 0 Å². The van der Waals surface area contributed by atoms with E-state index < -0.39 is 10.0 Å². The number of carbonyl (C=O) groups excluding carboxylic acids is 1. The Hall–Kier alpha value is -2.84. The molecule has 3 aromatic rings. The van der Waals surface area contributed by atoms with Crippen LogP contribution in [0.3, 0.4) is 0 Å². The molecule has 0 unspecified atom stereocenters. The van der Waals surface area contributed by atoms with E-state index in [0.29, 0.717) is 40.2 Å². The van der Waals surface area contributed by atoms with Crippen LogP contribution in [0, 0.1) is 6.92 Å². The van der Waals surface area contributed by atoms with Crippen molar-refractivity contribution in [2.24, 2.45) is 0 Å². The molecule has 0 aliphatic heterocycles. The number of rotatable bonds is 15. The molecule has 0 spiro atoms. The van der Waals surface area contributed by atoms with Crippen molar-refractivity contribution in [1.82, 2.24) is 4.90 Å². The third-order valence-corrected chi connectivity index (χ3v) is 6.66. The van der Waals surface area contributed by atoms with E-state index in [1.54, 1.807) is 37.3 Å². The van der Waals surface area contributed by atoms with Gasteiger partial charge in [0.25, 0.3) is 0 Å². The standard InChI is InChI=1S/C28H38N2O5S/c1-5-7-16-30(17-8-6-2)18-9-19-34-24-13-10-22(11-14-24)28(31)27-21(3)35-26-15-12-23(20-25(26)27)29-36(4,32)33/h10-15,20,29H,5-9,16-19H2,1-4H3. The number of carbonyl (C=O) groups is 1. The topological polar surface area (TPSA) is 88.8 Å². The maximum absolute atomic E-state index is 13.3. The molecular formula is C28H38N2O5S. The van der Waals surface area contributed by atoms with Crippen molar-refractivity contribution < 1.29 is 22.4 Å². The summed E-state index contributed by atoms with van der Waals surface area (Å²) in [6, 6.07) is 12.0. The van der Waals surface area contributed by atoms with Crippen LogP contribution in [0.5, 0.6) is 5.75 Å². The maximum atomic E-state index is 13.3. The molecule has 2 aromatic carbocycles. The Kier molecular flexibility index (Phi) is 9.96. The minimum atomic E-state index is -3.43. The lowest BCUT2D eigenvalue weighted by Crippen LogP contribution is -2.28. The number of anilines is 1. The lowest BCUT2D eigenvalue weighted by Gasteiger charge is -2.21. The van der Waals surface area contributed by atoms with Crippen LogP contribution < -0.4 is 9.46 Å². The SMILES string of the molecule is CCCCN(CCCC)CCCOc1ccc(C(=O)c2c(C)oc3ccc(NS(C)(=O)=O)cc23)cc1. The quantitative estimate of drug-likeness (QED) is 0.197. The molecule has 0 radical (unpaired) electrons. The van der Waals surface area contributed by atoms with E-state index in [9.17, 15) is 13.2 Å². The van der Waals surface area contributed by atoms with E-state index in [1.807, 2.05) is 12.1 Å². The van der Waals surface area contributed by atoms with Crippen LogP contribution in [0.4, 0.5) is 5.69 Å². The molecule has 36 heavy (non-hydrogen) atoms. The van der Waals surface area contributed by atoms with E-state index >= 15 is 0 Å². The number of aryl methyl sites for hydroxylation is 1. The molecule has 196 valence electrons. The molecule has 0 aliphatic carbocycles. The van der Waals surface area contributed by atoms with E-state index in [1.165, 1.54) is 25.7 Å². The normalized spacial score (nSPS) is 11.8. The van der Waals surface area contributed by atoms with Crippen LogP contribution >= 0.6 is 0 Å². The highest BCUT2D eigenvalue weighted by Gasteiger charge is 2.20. The molecule has 0 amide bonds. The van der Waals surface area contributed by atoms with Gasteiger partial charge >= 0.3 is 0 Å². The van der Waals surface area contributed by atoms with Gasteiger partial charge in [-0.2, -0.15) is 0 Å². The molecule has 3 rings (SSSR count). The first kappa shape index (κ1) is 27.7. The number of ketones is 1. The Morgan fingerprint density at radius 1 is 0.972 bits per heavy atom. The summed E-state index contributed by atoms with van der Waals surface area (Å²) in [7, 11) is -3.43. The number of hydrogen-bond donors (Lipinski definition) is 1. The number of sulfonamides is 1. The molecule has 1 heterocycles. The van der Waals surface area contributed by atoms with Crippen molar-refractivity contribution in [1.29, 1.82) is 0 Å². The Morgan fingerprint density at radius 3 is 2.22 bits per heavy atom. The van der Waals surface area contributed by atoms with Gasteiger partial charge < -0.3 is 14.1 Å². The van der Waals surface area contributed by atoms with E-state index in [0.717, 1.165) is 38.1 Å². The second kappa shape index (κ2) is 12.9. The summed E-state index contributed by atoms with van der Waals surface area (Å²) < 4.78 is 37.3. The van der Waals surface area contributed by atoms with Crippen molar-refractivity contribution in [2.75, 3.05) is 37.2 Å². The lowest BCUT2D eigenvalue weighted by molar-refractivity contribution is 0.103. The molecule has 0 aliphatic rings. The van der Waals surface area contributed by atoms with Crippen LogP contribution in [0.2, 0.25) is 0 Å². The van der Waals surface area contributed by atoms with Crippen molar-refractivity contribution in [3.63, 3.8) is 0 Å². The van der Waals surface area contributed by atoms with Gasteiger partial charge in [-0.1, -0.05) is 26.7 Å². The van der Waals surface area contributed by atoms with Crippen LogP contribution in [-0.2, 0) is 10.0 Å². The fraction of sp³-hybridized carbons (Fsp3) is 0.464. The van der Waals surface area contributed by atoms with Gasteiger partial charge in [-0.3, -0.25) is 9.52 Å². The highest BCUT2D eigenvalue weighted by Crippen LogP contribution is 2.30. The Morgan fingerprint density at radius 2 is 1.61 bits per heavy atom. The molecule has 0 saturated carbocycles. The number of furan rings is 1. The third-order valence-electron chi connectivity index (χ3n) is 6.05.